The first kappa shape index (κ1) is 15.7. The molecule has 1 N–H and O–H groups in total. The van der Waals surface area contributed by atoms with Crippen LogP contribution < -0.4 is 0 Å². The van der Waals surface area contributed by atoms with E-state index in [1.54, 1.807) is 0 Å². The van der Waals surface area contributed by atoms with Crippen molar-refractivity contribution in [2.75, 3.05) is 26.4 Å². The highest BCUT2D eigenvalue weighted by Crippen LogP contribution is 2.34. The van der Waals surface area contributed by atoms with Gasteiger partial charge in [0.25, 0.3) is 0 Å². The molecule has 3 atom stereocenters. The second kappa shape index (κ2) is 8.68. The van der Waals surface area contributed by atoms with Crippen LogP contribution in [0.3, 0.4) is 0 Å². The highest BCUT2D eigenvalue weighted by molar-refractivity contribution is 5.02. The monoisotopic (exact) mass is 256 g/mol. The third kappa shape index (κ3) is 5.51. The molecule has 0 heterocycles. The maximum Gasteiger partial charge on any atom is 0.0704 e. The summed E-state index contributed by atoms with van der Waals surface area (Å²) in [5.41, 5.74) is 1.24. The standard InChI is InChI=1S/C15H28O3/c1-12(2)14-6-5-13(3)11-15(14)18-10-9-17-8-4-7-16/h13-16H,1,4-11H2,2-3H3. The van der Waals surface area contributed by atoms with Crippen molar-refractivity contribution in [1.82, 2.24) is 0 Å². The van der Waals surface area contributed by atoms with Crippen molar-refractivity contribution in [1.29, 1.82) is 0 Å². The van der Waals surface area contributed by atoms with Gasteiger partial charge in [0.2, 0.25) is 0 Å². The van der Waals surface area contributed by atoms with Crippen LogP contribution in [-0.2, 0) is 9.47 Å². The van der Waals surface area contributed by atoms with Crippen molar-refractivity contribution in [2.45, 2.75) is 45.6 Å². The Kier molecular flexibility index (Phi) is 7.56. The molecule has 0 radical (unpaired) electrons. The van der Waals surface area contributed by atoms with E-state index in [0.717, 1.165) is 12.3 Å². The van der Waals surface area contributed by atoms with E-state index in [1.165, 1.54) is 18.4 Å². The molecular formula is C15H28O3. The third-order valence-corrected chi connectivity index (χ3v) is 3.69. The van der Waals surface area contributed by atoms with Gasteiger partial charge in [-0.3, -0.25) is 0 Å². The molecule has 0 amide bonds. The Morgan fingerprint density at radius 3 is 2.72 bits per heavy atom. The van der Waals surface area contributed by atoms with Crippen LogP contribution in [0, 0.1) is 11.8 Å². The number of hydrogen-bond donors (Lipinski definition) is 1. The van der Waals surface area contributed by atoms with Gasteiger partial charge in [0, 0.05) is 19.1 Å². The predicted molar refractivity (Wildman–Crippen MR) is 73.6 cm³/mol. The van der Waals surface area contributed by atoms with Gasteiger partial charge in [0.1, 0.15) is 0 Å². The smallest absolute Gasteiger partial charge is 0.0704 e. The van der Waals surface area contributed by atoms with Crippen LogP contribution in [0.4, 0.5) is 0 Å². The lowest BCUT2D eigenvalue weighted by atomic mass is 9.78. The van der Waals surface area contributed by atoms with Gasteiger partial charge in [0.05, 0.1) is 19.3 Å². The van der Waals surface area contributed by atoms with Crippen LogP contribution in [0.15, 0.2) is 12.2 Å². The fourth-order valence-corrected chi connectivity index (χ4v) is 2.60. The number of aliphatic hydroxyl groups is 1. The van der Waals surface area contributed by atoms with Gasteiger partial charge in [-0.1, -0.05) is 19.1 Å². The highest BCUT2D eigenvalue weighted by Gasteiger charge is 2.29. The summed E-state index contributed by atoms with van der Waals surface area (Å²) in [7, 11) is 0. The Morgan fingerprint density at radius 2 is 2.06 bits per heavy atom. The topological polar surface area (TPSA) is 38.7 Å². The van der Waals surface area contributed by atoms with E-state index in [0.29, 0.717) is 38.3 Å². The normalized spacial score (nSPS) is 28.3. The summed E-state index contributed by atoms with van der Waals surface area (Å²) in [4.78, 5) is 0. The Balaban J connectivity index is 2.22. The molecule has 18 heavy (non-hydrogen) atoms. The van der Waals surface area contributed by atoms with Crippen LogP contribution in [0.5, 0.6) is 0 Å². The maximum atomic E-state index is 8.63. The van der Waals surface area contributed by atoms with Crippen molar-refractivity contribution < 1.29 is 14.6 Å². The zero-order valence-corrected chi connectivity index (χ0v) is 11.9. The minimum absolute atomic E-state index is 0.193. The van der Waals surface area contributed by atoms with Gasteiger partial charge in [-0.05, 0) is 38.5 Å². The van der Waals surface area contributed by atoms with E-state index in [2.05, 4.69) is 20.4 Å². The molecule has 0 aliphatic heterocycles. The second-order valence-corrected chi connectivity index (χ2v) is 5.47. The predicted octanol–water partition coefficient (Wildman–Crippen LogP) is 2.78. The second-order valence-electron chi connectivity index (χ2n) is 5.47. The van der Waals surface area contributed by atoms with Crippen LogP contribution >= 0.6 is 0 Å². The fourth-order valence-electron chi connectivity index (χ4n) is 2.60. The van der Waals surface area contributed by atoms with Crippen molar-refractivity contribution in [3.05, 3.63) is 12.2 Å². The molecule has 0 aromatic heterocycles. The summed E-state index contributed by atoms with van der Waals surface area (Å²) in [6, 6.07) is 0. The van der Waals surface area contributed by atoms with Gasteiger partial charge >= 0.3 is 0 Å². The van der Waals surface area contributed by atoms with Gasteiger partial charge < -0.3 is 14.6 Å². The molecule has 3 nitrogen and oxygen atoms in total. The Bertz CT molecular complexity index is 240. The molecule has 1 rings (SSSR count). The largest absolute Gasteiger partial charge is 0.396 e. The van der Waals surface area contributed by atoms with Crippen molar-refractivity contribution in [2.24, 2.45) is 11.8 Å². The van der Waals surface area contributed by atoms with Gasteiger partial charge in [-0.25, -0.2) is 0 Å². The van der Waals surface area contributed by atoms with E-state index in [9.17, 15) is 0 Å². The van der Waals surface area contributed by atoms with Crippen LogP contribution in [-0.4, -0.2) is 37.6 Å². The molecule has 3 heteroatoms. The number of aliphatic hydroxyl groups excluding tert-OH is 1. The van der Waals surface area contributed by atoms with Crippen LogP contribution in [0.25, 0.3) is 0 Å². The first-order valence-electron chi connectivity index (χ1n) is 7.10. The summed E-state index contributed by atoms with van der Waals surface area (Å²) in [6.07, 6.45) is 4.63. The molecule has 0 aromatic carbocycles. The lowest BCUT2D eigenvalue weighted by Gasteiger charge is -2.35. The Morgan fingerprint density at radius 1 is 1.28 bits per heavy atom. The van der Waals surface area contributed by atoms with Gasteiger partial charge in [-0.15, -0.1) is 0 Å². The Labute approximate surface area is 111 Å². The summed E-state index contributed by atoms with van der Waals surface area (Å²) in [5, 5.41) is 8.63. The number of hydrogen-bond acceptors (Lipinski definition) is 3. The minimum Gasteiger partial charge on any atom is -0.396 e. The molecule has 1 aliphatic carbocycles. The molecular weight excluding hydrogens is 228 g/mol. The van der Waals surface area contributed by atoms with E-state index in [-0.39, 0.29) is 6.61 Å². The Hall–Kier alpha value is -0.380. The van der Waals surface area contributed by atoms with Crippen LogP contribution in [0.1, 0.15) is 39.5 Å². The fraction of sp³-hybridized carbons (Fsp3) is 0.867. The van der Waals surface area contributed by atoms with Crippen molar-refractivity contribution in [3.63, 3.8) is 0 Å². The quantitative estimate of drug-likeness (QED) is 0.536. The lowest BCUT2D eigenvalue weighted by Crippen LogP contribution is -2.32. The maximum absolute atomic E-state index is 8.63. The SMILES string of the molecule is C=C(C)C1CCC(C)CC1OCCOCCCO. The summed E-state index contributed by atoms with van der Waals surface area (Å²) < 4.78 is 11.3. The zero-order chi connectivity index (χ0) is 13.4. The molecule has 106 valence electrons. The van der Waals surface area contributed by atoms with Gasteiger partial charge in [0.15, 0.2) is 0 Å². The lowest BCUT2D eigenvalue weighted by molar-refractivity contribution is -0.0393. The molecule has 1 aliphatic rings. The van der Waals surface area contributed by atoms with Crippen molar-refractivity contribution in [3.8, 4) is 0 Å². The summed E-state index contributed by atoms with van der Waals surface area (Å²) in [5.74, 6) is 1.26. The average Bonchev–Trinajstić information content (AvgIpc) is 2.33. The molecule has 1 fully saturated rings. The molecule has 0 spiro atoms. The number of rotatable bonds is 8. The zero-order valence-electron chi connectivity index (χ0n) is 11.9. The third-order valence-electron chi connectivity index (χ3n) is 3.69. The summed E-state index contributed by atoms with van der Waals surface area (Å²) >= 11 is 0. The van der Waals surface area contributed by atoms with Crippen molar-refractivity contribution >= 4 is 0 Å². The molecule has 0 aromatic rings. The van der Waals surface area contributed by atoms with E-state index < -0.39 is 0 Å². The van der Waals surface area contributed by atoms with E-state index in [1.807, 2.05) is 0 Å². The molecule has 1 saturated carbocycles. The van der Waals surface area contributed by atoms with E-state index in [4.69, 9.17) is 14.6 Å². The molecule has 0 bridgehead atoms. The highest BCUT2D eigenvalue weighted by atomic mass is 16.5. The molecule has 3 unspecified atom stereocenters. The van der Waals surface area contributed by atoms with Crippen LogP contribution in [0.2, 0.25) is 0 Å². The summed E-state index contributed by atoms with van der Waals surface area (Å²) in [6.45, 7) is 10.6. The first-order chi connectivity index (χ1) is 8.65. The van der Waals surface area contributed by atoms with E-state index >= 15 is 0 Å². The average molecular weight is 256 g/mol. The molecule has 0 saturated heterocycles. The minimum atomic E-state index is 0.193. The number of ether oxygens (including phenoxy) is 2. The first-order valence-corrected chi connectivity index (χ1v) is 7.10. The van der Waals surface area contributed by atoms with Gasteiger partial charge in [-0.2, -0.15) is 0 Å².